The zero-order chi connectivity index (χ0) is 10.8. The third kappa shape index (κ3) is 2.33. The second kappa shape index (κ2) is 4.52. The minimum Gasteiger partial charge on any atom is -0.206 e. The first-order valence-electron chi connectivity index (χ1n) is 4.31. The Hall–Kier alpha value is -0.570. The van der Waals surface area contributed by atoms with Crippen molar-refractivity contribution in [3.63, 3.8) is 0 Å². The molecule has 0 radical (unpaired) electrons. The number of thiophene rings is 1. The molecule has 0 nitrogen and oxygen atoms in total. The molecule has 1 heterocycles. The molecule has 0 amide bonds. The monoisotopic (exact) mass is 260 g/mol. The molecule has 0 saturated heterocycles. The molecule has 0 aliphatic carbocycles. The number of halogens is 3. The van der Waals surface area contributed by atoms with Crippen molar-refractivity contribution in [1.29, 1.82) is 0 Å². The SMILES string of the molecule is Fc1ccsc1C(Cl)c1ccc(Cl)cc1. The molecule has 1 unspecified atom stereocenters. The van der Waals surface area contributed by atoms with Crippen LogP contribution >= 0.6 is 34.5 Å². The summed E-state index contributed by atoms with van der Waals surface area (Å²) in [7, 11) is 0. The van der Waals surface area contributed by atoms with Crippen LogP contribution < -0.4 is 0 Å². The molecule has 0 spiro atoms. The fraction of sp³-hybridized carbons (Fsp3) is 0.0909. The second-order valence-electron chi connectivity index (χ2n) is 3.05. The van der Waals surface area contributed by atoms with Crippen LogP contribution in [0.25, 0.3) is 0 Å². The predicted molar refractivity (Wildman–Crippen MR) is 63.4 cm³/mol. The summed E-state index contributed by atoms with van der Waals surface area (Å²) in [5.41, 5.74) is 0.849. The van der Waals surface area contributed by atoms with Crippen molar-refractivity contribution in [3.05, 3.63) is 57.0 Å². The fourth-order valence-electron chi connectivity index (χ4n) is 1.27. The van der Waals surface area contributed by atoms with Gasteiger partial charge in [-0.15, -0.1) is 22.9 Å². The Labute approximate surface area is 101 Å². The second-order valence-corrected chi connectivity index (χ2v) is 4.87. The molecule has 0 fully saturated rings. The Morgan fingerprint density at radius 2 is 1.80 bits per heavy atom. The summed E-state index contributed by atoms with van der Waals surface area (Å²) in [6.45, 7) is 0. The zero-order valence-electron chi connectivity index (χ0n) is 7.58. The molecule has 1 atom stereocenters. The first-order chi connectivity index (χ1) is 7.18. The number of alkyl halides is 1. The lowest BCUT2D eigenvalue weighted by Crippen LogP contribution is -1.92. The van der Waals surface area contributed by atoms with Gasteiger partial charge in [0.15, 0.2) is 0 Å². The molecule has 0 aliphatic rings. The molecule has 4 heteroatoms. The lowest BCUT2D eigenvalue weighted by Gasteiger charge is -2.07. The maximum atomic E-state index is 13.3. The zero-order valence-corrected chi connectivity index (χ0v) is 9.91. The van der Waals surface area contributed by atoms with Gasteiger partial charge >= 0.3 is 0 Å². The minimum atomic E-state index is -0.442. The summed E-state index contributed by atoms with van der Waals surface area (Å²) in [6, 6.07) is 8.53. The highest BCUT2D eigenvalue weighted by molar-refractivity contribution is 7.10. The van der Waals surface area contributed by atoms with E-state index in [2.05, 4.69) is 0 Å². The third-order valence-corrected chi connectivity index (χ3v) is 3.85. The van der Waals surface area contributed by atoms with Gasteiger partial charge in [-0.1, -0.05) is 23.7 Å². The van der Waals surface area contributed by atoms with Gasteiger partial charge in [0.2, 0.25) is 0 Å². The van der Waals surface area contributed by atoms with E-state index in [1.807, 2.05) is 0 Å². The average molecular weight is 261 g/mol. The standard InChI is InChI=1S/C11H7Cl2FS/c12-8-3-1-7(2-4-8)10(13)11-9(14)5-6-15-11/h1-6,10H. The quantitative estimate of drug-likeness (QED) is 0.676. The van der Waals surface area contributed by atoms with Crippen molar-refractivity contribution in [2.24, 2.45) is 0 Å². The van der Waals surface area contributed by atoms with Gasteiger partial charge in [-0.3, -0.25) is 0 Å². The van der Waals surface area contributed by atoms with Crippen LogP contribution in [0.5, 0.6) is 0 Å². The van der Waals surface area contributed by atoms with E-state index < -0.39 is 5.38 Å². The molecular formula is C11H7Cl2FS. The Morgan fingerprint density at radius 3 is 2.33 bits per heavy atom. The predicted octanol–water partition coefficient (Wildman–Crippen LogP) is 4.87. The van der Waals surface area contributed by atoms with Crippen LogP contribution in [0.2, 0.25) is 5.02 Å². The number of benzene rings is 1. The maximum absolute atomic E-state index is 13.3. The normalized spacial score (nSPS) is 12.7. The van der Waals surface area contributed by atoms with Gasteiger partial charge in [0.05, 0.1) is 10.3 Å². The van der Waals surface area contributed by atoms with Crippen LogP contribution in [0.4, 0.5) is 4.39 Å². The van der Waals surface area contributed by atoms with E-state index in [4.69, 9.17) is 23.2 Å². The Bertz CT molecular complexity index is 450. The van der Waals surface area contributed by atoms with E-state index in [-0.39, 0.29) is 5.82 Å². The van der Waals surface area contributed by atoms with Crippen molar-refractivity contribution in [2.75, 3.05) is 0 Å². The summed E-state index contributed by atoms with van der Waals surface area (Å²) >= 11 is 13.2. The lowest BCUT2D eigenvalue weighted by molar-refractivity contribution is 0.620. The van der Waals surface area contributed by atoms with E-state index >= 15 is 0 Å². The summed E-state index contributed by atoms with van der Waals surface area (Å²) in [5.74, 6) is -0.255. The van der Waals surface area contributed by atoms with Gasteiger partial charge in [0.25, 0.3) is 0 Å². The fourth-order valence-corrected chi connectivity index (χ4v) is 2.57. The molecule has 0 aliphatic heterocycles. The molecule has 78 valence electrons. The molecule has 1 aromatic carbocycles. The molecule has 15 heavy (non-hydrogen) atoms. The Kier molecular flexibility index (Phi) is 3.29. The summed E-state index contributed by atoms with van der Waals surface area (Å²) in [5, 5.41) is 1.90. The lowest BCUT2D eigenvalue weighted by atomic mass is 10.1. The van der Waals surface area contributed by atoms with E-state index in [9.17, 15) is 4.39 Å². The molecule has 1 aromatic heterocycles. The number of hydrogen-bond acceptors (Lipinski definition) is 1. The first kappa shape index (κ1) is 10.9. The molecule has 0 saturated carbocycles. The van der Waals surface area contributed by atoms with E-state index in [1.54, 1.807) is 29.6 Å². The van der Waals surface area contributed by atoms with Gasteiger partial charge in [0, 0.05) is 5.02 Å². The van der Waals surface area contributed by atoms with Crippen LogP contribution in [-0.4, -0.2) is 0 Å². The van der Waals surface area contributed by atoms with Gasteiger partial charge < -0.3 is 0 Å². The van der Waals surface area contributed by atoms with Gasteiger partial charge in [-0.2, -0.15) is 0 Å². The molecule has 2 aromatic rings. The largest absolute Gasteiger partial charge is 0.206 e. The molecule has 2 rings (SSSR count). The maximum Gasteiger partial charge on any atom is 0.138 e. The van der Waals surface area contributed by atoms with Gasteiger partial charge in [-0.05, 0) is 29.1 Å². The third-order valence-electron chi connectivity index (χ3n) is 2.04. The summed E-state index contributed by atoms with van der Waals surface area (Å²) < 4.78 is 13.3. The Morgan fingerprint density at radius 1 is 1.13 bits per heavy atom. The van der Waals surface area contributed by atoms with Crippen molar-refractivity contribution < 1.29 is 4.39 Å². The van der Waals surface area contributed by atoms with E-state index in [0.717, 1.165) is 5.56 Å². The van der Waals surface area contributed by atoms with Crippen molar-refractivity contribution >= 4 is 34.5 Å². The van der Waals surface area contributed by atoms with Crippen LogP contribution in [0.15, 0.2) is 35.7 Å². The van der Waals surface area contributed by atoms with Crippen LogP contribution in [-0.2, 0) is 0 Å². The average Bonchev–Trinajstić information content (AvgIpc) is 2.65. The van der Waals surface area contributed by atoms with Crippen molar-refractivity contribution in [2.45, 2.75) is 5.38 Å². The van der Waals surface area contributed by atoms with Crippen molar-refractivity contribution in [3.8, 4) is 0 Å². The summed E-state index contributed by atoms with van der Waals surface area (Å²) in [6.07, 6.45) is 0. The van der Waals surface area contributed by atoms with Crippen LogP contribution in [0.3, 0.4) is 0 Å². The summed E-state index contributed by atoms with van der Waals surface area (Å²) in [4.78, 5) is 0.541. The molecular weight excluding hydrogens is 254 g/mol. The van der Waals surface area contributed by atoms with Crippen molar-refractivity contribution in [1.82, 2.24) is 0 Å². The highest BCUT2D eigenvalue weighted by Gasteiger charge is 2.16. The van der Waals surface area contributed by atoms with Gasteiger partial charge in [0.1, 0.15) is 5.82 Å². The number of hydrogen-bond donors (Lipinski definition) is 0. The molecule has 0 bridgehead atoms. The van der Waals surface area contributed by atoms with E-state index in [0.29, 0.717) is 9.90 Å². The molecule has 0 N–H and O–H groups in total. The minimum absolute atomic E-state index is 0.255. The Balaban J connectivity index is 2.32. The highest BCUT2D eigenvalue weighted by Crippen LogP contribution is 2.34. The van der Waals surface area contributed by atoms with Crippen LogP contribution in [0.1, 0.15) is 15.8 Å². The topological polar surface area (TPSA) is 0 Å². The van der Waals surface area contributed by atoms with E-state index in [1.165, 1.54) is 17.4 Å². The first-order valence-corrected chi connectivity index (χ1v) is 6.00. The highest BCUT2D eigenvalue weighted by atomic mass is 35.5. The smallest absolute Gasteiger partial charge is 0.138 e. The number of rotatable bonds is 2. The van der Waals surface area contributed by atoms with Crippen LogP contribution in [0, 0.1) is 5.82 Å². The van der Waals surface area contributed by atoms with Gasteiger partial charge in [-0.25, -0.2) is 4.39 Å².